The van der Waals surface area contributed by atoms with E-state index in [0.29, 0.717) is 0 Å². The molecule has 0 aliphatic carbocycles. The van der Waals surface area contributed by atoms with Gasteiger partial charge in [0.25, 0.3) is 0 Å². The summed E-state index contributed by atoms with van der Waals surface area (Å²) in [5.41, 5.74) is -0.626. The van der Waals surface area contributed by atoms with Crippen molar-refractivity contribution < 1.29 is 34.5 Å². The largest absolute Gasteiger partial charge is 0.480 e. The van der Waals surface area contributed by atoms with Crippen LogP contribution in [0, 0.1) is 5.41 Å². The molecule has 0 saturated carbocycles. The molecular formula is C14H24N2O7. The summed E-state index contributed by atoms with van der Waals surface area (Å²) in [5.74, 6) is -3.62. The van der Waals surface area contributed by atoms with Crippen LogP contribution in [0.2, 0.25) is 0 Å². The van der Waals surface area contributed by atoms with E-state index < -0.39 is 36.4 Å². The average molecular weight is 332 g/mol. The molecule has 0 saturated heterocycles. The fraction of sp³-hybridized carbons (Fsp3) is 0.714. The zero-order valence-corrected chi connectivity index (χ0v) is 13.6. The first-order valence-electron chi connectivity index (χ1n) is 7.05. The molecule has 0 unspecified atom stereocenters. The lowest BCUT2D eigenvalue weighted by molar-refractivity contribution is -0.143. The number of hydrogen-bond acceptors (Lipinski definition) is 6. The van der Waals surface area contributed by atoms with E-state index in [4.69, 9.17) is 15.3 Å². The number of hydrogen-bond donors (Lipinski definition) is 3. The summed E-state index contributed by atoms with van der Waals surface area (Å²) in [6, 6.07) is 0. The Bertz CT molecular complexity index is 441. The zero-order valence-electron chi connectivity index (χ0n) is 13.6. The second-order valence-electron chi connectivity index (χ2n) is 6.28. The molecule has 0 aromatic rings. The summed E-state index contributed by atoms with van der Waals surface area (Å²) in [7, 11) is 0. The molecular weight excluding hydrogens is 308 g/mol. The SMILES string of the molecule is CC(C)(C)C(=O)CN(CCN(CC(=O)O)CC(=O)O)CC(=O)O. The minimum atomic E-state index is -1.18. The van der Waals surface area contributed by atoms with Crippen LogP contribution >= 0.6 is 0 Å². The number of aliphatic carboxylic acids is 3. The highest BCUT2D eigenvalue weighted by Crippen LogP contribution is 2.15. The van der Waals surface area contributed by atoms with Crippen LogP contribution in [0.25, 0.3) is 0 Å². The van der Waals surface area contributed by atoms with Crippen molar-refractivity contribution in [2.24, 2.45) is 5.41 Å². The maximum atomic E-state index is 12.0. The molecule has 0 radical (unpaired) electrons. The molecule has 0 fully saturated rings. The predicted octanol–water partition coefficient (Wildman–Crippen LogP) is -0.541. The standard InChI is InChI=1S/C14H24N2O7/c1-14(2,3)10(17)6-15(7-11(18)19)4-5-16(8-12(20)21)9-13(22)23/h4-9H2,1-3H3,(H,18,19)(H,20,21)(H,22,23). The number of carbonyl (C=O) groups excluding carboxylic acids is 1. The summed E-state index contributed by atoms with van der Waals surface area (Å²) in [6.07, 6.45) is 0. The molecule has 23 heavy (non-hydrogen) atoms. The van der Waals surface area contributed by atoms with Gasteiger partial charge in [-0.1, -0.05) is 20.8 Å². The van der Waals surface area contributed by atoms with Gasteiger partial charge in [0.1, 0.15) is 0 Å². The first kappa shape index (κ1) is 21.0. The summed E-state index contributed by atoms with van der Waals surface area (Å²) in [4.78, 5) is 46.9. The topological polar surface area (TPSA) is 135 Å². The molecule has 9 nitrogen and oxygen atoms in total. The number of nitrogens with zero attached hydrogens (tertiary/aromatic N) is 2. The number of rotatable bonds is 11. The van der Waals surface area contributed by atoms with Crippen LogP contribution in [0.1, 0.15) is 20.8 Å². The van der Waals surface area contributed by atoms with Crippen molar-refractivity contribution in [1.29, 1.82) is 0 Å². The number of ketones is 1. The summed E-state index contributed by atoms with van der Waals surface area (Å²) in [5, 5.41) is 26.4. The Morgan fingerprint density at radius 3 is 1.26 bits per heavy atom. The van der Waals surface area contributed by atoms with Crippen LogP contribution in [0.5, 0.6) is 0 Å². The van der Waals surface area contributed by atoms with E-state index >= 15 is 0 Å². The van der Waals surface area contributed by atoms with Gasteiger partial charge in [-0.3, -0.25) is 29.0 Å². The van der Waals surface area contributed by atoms with Crippen LogP contribution in [-0.2, 0) is 19.2 Å². The summed E-state index contributed by atoms with van der Waals surface area (Å²) < 4.78 is 0. The molecule has 0 rings (SSSR count). The van der Waals surface area contributed by atoms with E-state index in [-0.39, 0.29) is 32.0 Å². The average Bonchev–Trinajstić information content (AvgIpc) is 2.32. The smallest absolute Gasteiger partial charge is 0.317 e. The lowest BCUT2D eigenvalue weighted by Gasteiger charge is -2.26. The molecule has 0 bridgehead atoms. The van der Waals surface area contributed by atoms with E-state index in [1.807, 2.05) is 0 Å². The van der Waals surface area contributed by atoms with Gasteiger partial charge < -0.3 is 15.3 Å². The van der Waals surface area contributed by atoms with Gasteiger partial charge >= 0.3 is 17.9 Å². The van der Waals surface area contributed by atoms with E-state index in [9.17, 15) is 19.2 Å². The quantitative estimate of drug-likeness (QED) is 0.455. The predicted molar refractivity (Wildman–Crippen MR) is 80.2 cm³/mol. The third kappa shape index (κ3) is 10.4. The van der Waals surface area contributed by atoms with Gasteiger partial charge in [-0.2, -0.15) is 0 Å². The molecule has 0 aromatic carbocycles. The number of carboxylic acid groups (broad SMARTS) is 3. The Balaban J connectivity index is 4.79. The second kappa shape index (κ2) is 9.21. The van der Waals surface area contributed by atoms with E-state index in [1.165, 1.54) is 9.80 Å². The molecule has 0 aliphatic rings. The van der Waals surface area contributed by atoms with Gasteiger partial charge in [0.15, 0.2) is 5.78 Å². The van der Waals surface area contributed by atoms with Crippen molar-refractivity contribution in [2.75, 3.05) is 39.3 Å². The van der Waals surface area contributed by atoms with Gasteiger partial charge in [0.05, 0.1) is 26.2 Å². The monoisotopic (exact) mass is 332 g/mol. The highest BCUT2D eigenvalue weighted by Gasteiger charge is 2.25. The van der Waals surface area contributed by atoms with Crippen LogP contribution in [0.15, 0.2) is 0 Å². The van der Waals surface area contributed by atoms with Crippen molar-refractivity contribution in [3.8, 4) is 0 Å². The summed E-state index contributed by atoms with van der Waals surface area (Å²) in [6.45, 7) is 3.85. The first-order chi connectivity index (χ1) is 10.4. The van der Waals surface area contributed by atoms with Crippen molar-refractivity contribution in [2.45, 2.75) is 20.8 Å². The van der Waals surface area contributed by atoms with Crippen molar-refractivity contribution in [3.63, 3.8) is 0 Å². The van der Waals surface area contributed by atoms with E-state index in [0.717, 1.165) is 0 Å². The van der Waals surface area contributed by atoms with Gasteiger partial charge in [-0.25, -0.2) is 0 Å². The zero-order chi connectivity index (χ0) is 18.2. The third-order valence-corrected chi connectivity index (χ3v) is 3.01. The summed E-state index contributed by atoms with van der Waals surface area (Å²) >= 11 is 0. The minimum absolute atomic E-state index is 0.0311. The van der Waals surface area contributed by atoms with E-state index in [1.54, 1.807) is 20.8 Å². The van der Waals surface area contributed by atoms with Crippen LogP contribution in [-0.4, -0.2) is 88.1 Å². The Hall–Kier alpha value is -2.00. The van der Waals surface area contributed by atoms with Gasteiger partial charge in [-0.05, 0) is 0 Å². The van der Waals surface area contributed by atoms with Crippen LogP contribution in [0.3, 0.4) is 0 Å². The van der Waals surface area contributed by atoms with Gasteiger partial charge in [0.2, 0.25) is 0 Å². The third-order valence-electron chi connectivity index (χ3n) is 3.01. The van der Waals surface area contributed by atoms with E-state index in [2.05, 4.69) is 0 Å². The van der Waals surface area contributed by atoms with Crippen LogP contribution in [0.4, 0.5) is 0 Å². The maximum absolute atomic E-state index is 12.0. The van der Waals surface area contributed by atoms with Crippen molar-refractivity contribution in [3.05, 3.63) is 0 Å². The van der Waals surface area contributed by atoms with Gasteiger partial charge in [0, 0.05) is 18.5 Å². The highest BCUT2D eigenvalue weighted by atomic mass is 16.4. The fourth-order valence-corrected chi connectivity index (χ4v) is 1.72. The molecule has 3 N–H and O–H groups in total. The molecule has 0 aromatic heterocycles. The molecule has 0 spiro atoms. The molecule has 132 valence electrons. The Kier molecular flexibility index (Phi) is 8.41. The molecule has 9 heteroatoms. The molecule has 0 heterocycles. The Labute approximate surface area is 134 Å². The Morgan fingerprint density at radius 2 is 1.00 bits per heavy atom. The normalized spacial score (nSPS) is 11.7. The maximum Gasteiger partial charge on any atom is 0.317 e. The lowest BCUT2D eigenvalue weighted by atomic mass is 9.90. The second-order valence-corrected chi connectivity index (χ2v) is 6.28. The van der Waals surface area contributed by atoms with Crippen LogP contribution < -0.4 is 0 Å². The highest BCUT2D eigenvalue weighted by molar-refractivity contribution is 5.86. The van der Waals surface area contributed by atoms with Gasteiger partial charge in [-0.15, -0.1) is 0 Å². The molecule has 0 atom stereocenters. The van der Waals surface area contributed by atoms with Crippen molar-refractivity contribution in [1.82, 2.24) is 9.80 Å². The fourth-order valence-electron chi connectivity index (χ4n) is 1.72. The molecule has 0 aliphatic heterocycles. The lowest BCUT2D eigenvalue weighted by Crippen LogP contribution is -2.44. The number of Topliss-reactive ketones (excluding diaryl/α,β-unsaturated/α-hetero) is 1. The first-order valence-corrected chi connectivity index (χ1v) is 7.05. The molecule has 0 amide bonds. The Morgan fingerprint density at radius 1 is 0.696 bits per heavy atom. The van der Waals surface area contributed by atoms with Crippen molar-refractivity contribution >= 4 is 23.7 Å². The number of carboxylic acids is 3. The minimum Gasteiger partial charge on any atom is -0.480 e. The number of carbonyl (C=O) groups is 4.